The summed E-state index contributed by atoms with van der Waals surface area (Å²) in [4.78, 5) is 11.2. The molecule has 3 N–H and O–H groups in total. The molecule has 0 aliphatic rings. The third-order valence-corrected chi connectivity index (χ3v) is 1.66. The molecule has 0 spiro atoms. The highest BCUT2D eigenvalue weighted by atomic mass is 16.5. The maximum Gasteiger partial charge on any atom is 0.241 e. The maximum atomic E-state index is 11.2. The molecule has 0 saturated heterocycles. The summed E-state index contributed by atoms with van der Waals surface area (Å²) >= 11 is 0. The minimum absolute atomic E-state index is 0.198. The van der Waals surface area contributed by atoms with Crippen LogP contribution in [-0.4, -0.2) is 19.1 Å². The average Bonchev–Trinajstić information content (AvgIpc) is 2.01. The Balaban J connectivity index is 3.82. The zero-order valence-electron chi connectivity index (χ0n) is 8.89. The summed E-state index contributed by atoms with van der Waals surface area (Å²) < 4.78 is 5.37. The molecule has 0 aliphatic carbocycles. The Labute approximate surface area is 79.8 Å². The van der Waals surface area contributed by atoms with Gasteiger partial charge in [-0.05, 0) is 19.8 Å². The van der Waals surface area contributed by atoms with Crippen LogP contribution >= 0.6 is 0 Å². The van der Waals surface area contributed by atoms with Crippen LogP contribution in [0.5, 0.6) is 0 Å². The van der Waals surface area contributed by atoms with Crippen molar-refractivity contribution in [1.29, 1.82) is 0 Å². The molecule has 0 bridgehead atoms. The number of hydrazine groups is 1. The van der Waals surface area contributed by atoms with Gasteiger partial charge in [-0.2, -0.15) is 0 Å². The van der Waals surface area contributed by atoms with Crippen molar-refractivity contribution in [2.45, 2.75) is 27.7 Å². The van der Waals surface area contributed by atoms with Crippen molar-refractivity contribution < 1.29 is 9.53 Å². The topological polar surface area (TPSA) is 64.3 Å². The number of ether oxygens (including phenoxy) is 1. The van der Waals surface area contributed by atoms with Crippen molar-refractivity contribution in [2.24, 2.45) is 17.2 Å². The molecule has 13 heavy (non-hydrogen) atoms. The standard InChI is InChI=1S/C9H20N2O2/c1-7(2)5-13-6-9(3,4)8(12)11-10/h7H,5-6,10H2,1-4H3,(H,11,12). The molecular formula is C9H20N2O2. The summed E-state index contributed by atoms with van der Waals surface area (Å²) in [7, 11) is 0. The normalized spacial score (nSPS) is 11.8. The van der Waals surface area contributed by atoms with Crippen LogP contribution in [0, 0.1) is 11.3 Å². The van der Waals surface area contributed by atoms with Crippen molar-refractivity contribution in [3.05, 3.63) is 0 Å². The number of hydrogen-bond donors (Lipinski definition) is 2. The predicted molar refractivity (Wildman–Crippen MR) is 51.8 cm³/mol. The summed E-state index contributed by atoms with van der Waals surface area (Å²) in [6, 6.07) is 0. The lowest BCUT2D eigenvalue weighted by Crippen LogP contribution is -2.43. The summed E-state index contributed by atoms with van der Waals surface area (Å²) in [5.74, 6) is 5.32. The smallest absolute Gasteiger partial charge is 0.241 e. The van der Waals surface area contributed by atoms with E-state index in [4.69, 9.17) is 10.6 Å². The molecule has 1 amide bonds. The van der Waals surface area contributed by atoms with Crippen LogP contribution in [0.15, 0.2) is 0 Å². The van der Waals surface area contributed by atoms with Gasteiger partial charge in [-0.1, -0.05) is 13.8 Å². The summed E-state index contributed by atoms with van der Waals surface area (Å²) in [6.07, 6.45) is 0. The lowest BCUT2D eigenvalue weighted by molar-refractivity contribution is -0.132. The first kappa shape index (κ1) is 12.4. The minimum Gasteiger partial charge on any atom is -0.380 e. The molecule has 0 unspecified atom stereocenters. The first-order valence-electron chi connectivity index (χ1n) is 4.49. The molecule has 4 nitrogen and oxygen atoms in total. The second-order valence-corrected chi connectivity index (χ2v) is 4.27. The van der Waals surface area contributed by atoms with E-state index in [1.54, 1.807) is 13.8 Å². The molecule has 0 aliphatic heterocycles. The van der Waals surface area contributed by atoms with Gasteiger partial charge in [0.15, 0.2) is 0 Å². The molecule has 0 aromatic rings. The van der Waals surface area contributed by atoms with Crippen molar-refractivity contribution in [3.8, 4) is 0 Å². The fraction of sp³-hybridized carbons (Fsp3) is 0.889. The van der Waals surface area contributed by atoms with Gasteiger partial charge in [-0.25, -0.2) is 5.84 Å². The molecular weight excluding hydrogens is 168 g/mol. The van der Waals surface area contributed by atoms with Gasteiger partial charge in [0.1, 0.15) is 0 Å². The molecule has 0 heterocycles. The number of carbonyl (C=O) groups is 1. The Kier molecular flexibility index (Phi) is 4.95. The fourth-order valence-corrected chi connectivity index (χ4v) is 0.811. The third-order valence-electron chi connectivity index (χ3n) is 1.66. The minimum atomic E-state index is -0.552. The van der Waals surface area contributed by atoms with Gasteiger partial charge in [-0.15, -0.1) is 0 Å². The number of nitrogens with two attached hydrogens (primary N) is 1. The SMILES string of the molecule is CC(C)COCC(C)(C)C(=O)NN. The highest BCUT2D eigenvalue weighted by Gasteiger charge is 2.27. The Morgan fingerprint density at radius 2 is 2.08 bits per heavy atom. The lowest BCUT2D eigenvalue weighted by atomic mass is 9.94. The van der Waals surface area contributed by atoms with E-state index in [1.165, 1.54) is 0 Å². The number of nitrogens with one attached hydrogen (secondary N) is 1. The molecule has 4 heteroatoms. The van der Waals surface area contributed by atoms with Crippen LogP contribution in [0.4, 0.5) is 0 Å². The van der Waals surface area contributed by atoms with E-state index in [2.05, 4.69) is 19.3 Å². The summed E-state index contributed by atoms with van der Waals surface area (Å²) in [5, 5.41) is 0. The first-order valence-corrected chi connectivity index (χ1v) is 4.49. The van der Waals surface area contributed by atoms with Gasteiger partial charge < -0.3 is 4.74 Å². The van der Waals surface area contributed by atoms with Crippen molar-refractivity contribution >= 4 is 5.91 Å². The Morgan fingerprint density at radius 1 is 1.54 bits per heavy atom. The van der Waals surface area contributed by atoms with Gasteiger partial charge in [0, 0.05) is 6.61 Å². The van der Waals surface area contributed by atoms with Crippen LogP contribution in [-0.2, 0) is 9.53 Å². The average molecular weight is 188 g/mol. The number of hydrogen-bond acceptors (Lipinski definition) is 3. The molecule has 0 fully saturated rings. The Morgan fingerprint density at radius 3 is 2.46 bits per heavy atom. The quantitative estimate of drug-likeness (QED) is 0.379. The van der Waals surface area contributed by atoms with E-state index in [1.807, 2.05) is 0 Å². The molecule has 0 radical (unpaired) electrons. The van der Waals surface area contributed by atoms with Crippen molar-refractivity contribution in [1.82, 2.24) is 5.43 Å². The van der Waals surface area contributed by atoms with Gasteiger partial charge in [0.2, 0.25) is 5.91 Å². The highest BCUT2D eigenvalue weighted by molar-refractivity contribution is 5.81. The van der Waals surface area contributed by atoms with Gasteiger partial charge in [-0.3, -0.25) is 10.2 Å². The molecule has 0 aromatic heterocycles. The second kappa shape index (κ2) is 5.19. The van der Waals surface area contributed by atoms with E-state index >= 15 is 0 Å². The summed E-state index contributed by atoms with van der Waals surface area (Å²) in [6.45, 7) is 8.80. The van der Waals surface area contributed by atoms with Crippen LogP contribution in [0.1, 0.15) is 27.7 Å². The number of amides is 1. The Bertz CT molecular complexity index is 167. The van der Waals surface area contributed by atoms with E-state index in [0.717, 1.165) is 0 Å². The van der Waals surface area contributed by atoms with Crippen molar-refractivity contribution in [2.75, 3.05) is 13.2 Å². The first-order chi connectivity index (χ1) is 5.90. The van der Waals surface area contributed by atoms with Crippen LogP contribution in [0.2, 0.25) is 0 Å². The second-order valence-electron chi connectivity index (χ2n) is 4.27. The van der Waals surface area contributed by atoms with Gasteiger partial charge >= 0.3 is 0 Å². The summed E-state index contributed by atoms with van der Waals surface area (Å²) in [5.41, 5.74) is 1.57. The highest BCUT2D eigenvalue weighted by Crippen LogP contribution is 2.15. The molecule has 0 rings (SSSR count). The lowest BCUT2D eigenvalue weighted by Gasteiger charge is -2.22. The molecule has 0 atom stereocenters. The van der Waals surface area contributed by atoms with Gasteiger partial charge in [0.05, 0.1) is 12.0 Å². The van der Waals surface area contributed by atoms with E-state index in [-0.39, 0.29) is 5.91 Å². The maximum absolute atomic E-state index is 11.2. The van der Waals surface area contributed by atoms with E-state index < -0.39 is 5.41 Å². The number of carbonyl (C=O) groups excluding carboxylic acids is 1. The predicted octanol–water partition coefficient (Wildman–Crippen LogP) is 0.675. The molecule has 0 saturated carbocycles. The monoisotopic (exact) mass is 188 g/mol. The van der Waals surface area contributed by atoms with E-state index in [0.29, 0.717) is 19.1 Å². The van der Waals surface area contributed by atoms with E-state index in [9.17, 15) is 4.79 Å². The third kappa shape index (κ3) is 4.85. The Hall–Kier alpha value is -0.610. The zero-order chi connectivity index (χ0) is 10.5. The van der Waals surface area contributed by atoms with Crippen LogP contribution in [0.25, 0.3) is 0 Å². The zero-order valence-corrected chi connectivity index (χ0v) is 8.89. The van der Waals surface area contributed by atoms with Gasteiger partial charge in [0.25, 0.3) is 0 Å². The van der Waals surface area contributed by atoms with Crippen molar-refractivity contribution in [3.63, 3.8) is 0 Å². The largest absolute Gasteiger partial charge is 0.380 e. The number of rotatable bonds is 5. The molecule has 0 aromatic carbocycles. The fourth-order valence-electron chi connectivity index (χ4n) is 0.811. The van der Waals surface area contributed by atoms with Crippen LogP contribution in [0.3, 0.4) is 0 Å². The van der Waals surface area contributed by atoms with Crippen LogP contribution < -0.4 is 11.3 Å². The molecule has 78 valence electrons.